The van der Waals surface area contributed by atoms with Gasteiger partial charge in [0.1, 0.15) is 11.3 Å². The van der Waals surface area contributed by atoms with Crippen LogP contribution in [-0.2, 0) is 0 Å². The molecule has 0 bridgehead atoms. The lowest BCUT2D eigenvalue weighted by Crippen LogP contribution is -2.37. The highest BCUT2D eigenvalue weighted by Gasteiger charge is 2.43. The summed E-state index contributed by atoms with van der Waals surface area (Å²) >= 11 is 0. The number of rotatable bonds is 9. The van der Waals surface area contributed by atoms with Gasteiger partial charge in [-0.2, -0.15) is 0 Å². The van der Waals surface area contributed by atoms with Crippen LogP contribution >= 0.6 is 0 Å². The molecule has 1 atom stereocenters. The summed E-state index contributed by atoms with van der Waals surface area (Å²) in [7, 11) is 4.67. The maximum atomic E-state index is 13.7. The third-order valence-corrected chi connectivity index (χ3v) is 6.45. The van der Waals surface area contributed by atoms with Gasteiger partial charge in [0.05, 0.1) is 38.3 Å². The molecule has 2 heterocycles. The average Bonchev–Trinajstić information content (AvgIpc) is 3.15. The van der Waals surface area contributed by atoms with E-state index in [0.717, 1.165) is 18.7 Å². The zero-order valence-corrected chi connectivity index (χ0v) is 20.2. The summed E-state index contributed by atoms with van der Waals surface area (Å²) in [5, 5.41) is 0.406. The number of methoxy groups -OCH3 is 3. The molecule has 0 saturated heterocycles. The molecule has 0 N–H and O–H groups in total. The molecule has 8 heteroatoms. The largest absolute Gasteiger partial charge is 0.497 e. The fourth-order valence-corrected chi connectivity index (χ4v) is 4.51. The van der Waals surface area contributed by atoms with Crippen molar-refractivity contribution >= 4 is 16.9 Å². The van der Waals surface area contributed by atoms with Crippen molar-refractivity contribution in [2.75, 3.05) is 47.5 Å². The van der Waals surface area contributed by atoms with Crippen molar-refractivity contribution in [2.24, 2.45) is 0 Å². The van der Waals surface area contributed by atoms with Gasteiger partial charge in [0, 0.05) is 19.2 Å². The molecule has 1 aromatic heterocycles. The second-order valence-electron chi connectivity index (χ2n) is 8.08. The van der Waals surface area contributed by atoms with E-state index in [0.29, 0.717) is 46.9 Å². The monoisotopic (exact) mass is 466 g/mol. The number of hydrogen-bond donors (Lipinski definition) is 0. The third kappa shape index (κ3) is 3.98. The van der Waals surface area contributed by atoms with Crippen LogP contribution in [-0.4, -0.2) is 63.2 Å². The van der Waals surface area contributed by atoms with Crippen LogP contribution in [0.1, 0.15) is 41.6 Å². The number of amides is 1. The van der Waals surface area contributed by atoms with Gasteiger partial charge in [-0.3, -0.25) is 9.59 Å². The van der Waals surface area contributed by atoms with Crippen molar-refractivity contribution in [3.05, 3.63) is 63.5 Å². The minimum Gasteiger partial charge on any atom is -0.497 e. The van der Waals surface area contributed by atoms with Crippen molar-refractivity contribution in [1.82, 2.24) is 9.80 Å². The summed E-state index contributed by atoms with van der Waals surface area (Å²) in [6, 6.07) is 9.88. The van der Waals surface area contributed by atoms with Crippen LogP contribution in [0.15, 0.2) is 45.6 Å². The van der Waals surface area contributed by atoms with Gasteiger partial charge in [-0.05, 0) is 42.9 Å². The van der Waals surface area contributed by atoms with Gasteiger partial charge in [0.25, 0.3) is 5.91 Å². The first-order valence-electron chi connectivity index (χ1n) is 11.4. The van der Waals surface area contributed by atoms with E-state index in [1.54, 1.807) is 50.5 Å². The molecule has 1 aliphatic heterocycles. The summed E-state index contributed by atoms with van der Waals surface area (Å²) in [6.45, 7) is 7.03. The topological polar surface area (TPSA) is 81.5 Å². The number of carbonyl (C=O) groups is 1. The first-order chi connectivity index (χ1) is 16.5. The molecular formula is C26H30N2O6. The van der Waals surface area contributed by atoms with Crippen LogP contribution in [0, 0.1) is 0 Å². The second kappa shape index (κ2) is 9.77. The van der Waals surface area contributed by atoms with E-state index in [-0.39, 0.29) is 17.1 Å². The maximum Gasteiger partial charge on any atom is 0.290 e. The summed E-state index contributed by atoms with van der Waals surface area (Å²) in [6.07, 6.45) is 0. The van der Waals surface area contributed by atoms with E-state index in [9.17, 15) is 9.59 Å². The van der Waals surface area contributed by atoms with Crippen LogP contribution in [0.2, 0.25) is 0 Å². The molecule has 3 aromatic rings. The van der Waals surface area contributed by atoms with E-state index in [4.69, 9.17) is 18.6 Å². The van der Waals surface area contributed by atoms with E-state index < -0.39 is 6.04 Å². The SMILES string of the molecule is CCN(CC)CCN1C(=O)c2oc3cc(OC)ccc3c(=O)c2C1c1ccc(OC)c(OC)c1. The van der Waals surface area contributed by atoms with Gasteiger partial charge in [0.15, 0.2) is 16.9 Å². The number of likely N-dealkylation sites (N-methyl/N-ethyl adjacent to an activating group) is 1. The van der Waals surface area contributed by atoms with Gasteiger partial charge in [0.2, 0.25) is 5.76 Å². The van der Waals surface area contributed by atoms with Crippen LogP contribution < -0.4 is 19.6 Å². The maximum absolute atomic E-state index is 13.7. The molecule has 34 heavy (non-hydrogen) atoms. The molecule has 0 radical (unpaired) electrons. The predicted octanol–water partition coefficient (Wildman–Crippen LogP) is 3.71. The Morgan fingerprint density at radius 1 is 0.941 bits per heavy atom. The van der Waals surface area contributed by atoms with E-state index in [1.165, 1.54) is 0 Å². The molecule has 0 spiro atoms. The number of ether oxygens (including phenoxy) is 3. The van der Waals surface area contributed by atoms with Gasteiger partial charge < -0.3 is 28.4 Å². The molecule has 0 aliphatic carbocycles. The minimum atomic E-state index is -0.597. The summed E-state index contributed by atoms with van der Waals surface area (Å²) in [5.74, 6) is 1.42. The first kappa shape index (κ1) is 23.6. The second-order valence-corrected chi connectivity index (χ2v) is 8.08. The average molecular weight is 467 g/mol. The third-order valence-electron chi connectivity index (χ3n) is 6.45. The molecule has 1 aliphatic rings. The fourth-order valence-electron chi connectivity index (χ4n) is 4.51. The highest BCUT2D eigenvalue weighted by atomic mass is 16.5. The Morgan fingerprint density at radius 3 is 2.32 bits per heavy atom. The van der Waals surface area contributed by atoms with Gasteiger partial charge in [-0.15, -0.1) is 0 Å². The summed E-state index contributed by atoms with van der Waals surface area (Å²) in [4.78, 5) is 31.2. The number of hydrogen-bond acceptors (Lipinski definition) is 7. The first-order valence-corrected chi connectivity index (χ1v) is 11.4. The van der Waals surface area contributed by atoms with Crippen molar-refractivity contribution in [3.63, 3.8) is 0 Å². The van der Waals surface area contributed by atoms with E-state index in [1.807, 2.05) is 12.1 Å². The quantitative estimate of drug-likeness (QED) is 0.476. The smallest absolute Gasteiger partial charge is 0.290 e. The van der Waals surface area contributed by atoms with Gasteiger partial charge in [-0.25, -0.2) is 0 Å². The Bertz CT molecular complexity index is 1260. The highest BCUT2D eigenvalue weighted by molar-refractivity contribution is 5.99. The molecule has 1 amide bonds. The van der Waals surface area contributed by atoms with Crippen LogP contribution in [0.3, 0.4) is 0 Å². The highest BCUT2D eigenvalue weighted by Crippen LogP contribution is 2.41. The number of fused-ring (bicyclic) bond motifs is 2. The van der Waals surface area contributed by atoms with Crippen LogP contribution in [0.25, 0.3) is 11.0 Å². The molecule has 8 nitrogen and oxygen atoms in total. The van der Waals surface area contributed by atoms with Crippen LogP contribution in [0.5, 0.6) is 17.2 Å². The van der Waals surface area contributed by atoms with Crippen molar-refractivity contribution in [2.45, 2.75) is 19.9 Å². The van der Waals surface area contributed by atoms with Crippen LogP contribution in [0.4, 0.5) is 0 Å². The molecule has 0 fully saturated rings. The van der Waals surface area contributed by atoms with Gasteiger partial charge >= 0.3 is 0 Å². The zero-order chi connectivity index (χ0) is 24.4. The Kier molecular flexibility index (Phi) is 6.79. The number of nitrogens with zero attached hydrogens (tertiary/aromatic N) is 2. The molecule has 1 unspecified atom stereocenters. The number of carbonyl (C=O) groups excluding carboxylic acids is 1. The van der Waals surface area contributed by atoms with E-state index in [2.05, 4.69) is 18.7 Å². The number of benzene rings is 2. The van der Waals surface area contributed by atoms with Crippen molar-refractivity contribution < 1.29 is 23.4 Å². The fraction of sp³-hybridized carbons (Fsp3) is 0.385. The van der Waals surface area contributed by atoms with E-state index >= 15 is 0 Å². The lowest BCUT2D eigenvalue weighted by molar-refractivity contribution is 0.0708. The molecule has 4 rings (SSSR count). The predicted molar refractivity (Wildman–Crippen MR) is 129 cm³/mol. The Hall–Kier alpha value is -3.52. The lowest BCUT2D eigenvalue weighted by Gasteiger charge is -2.28. The minimum absolute atomic E-state index is 0.0742. The normalized spacial score (nSPS) is 15.2. The molecule has 0 saturated carbocycles. The Labute approximate surface area is 198 Å². The van der Waals surface area contributed by atoms with Crippen molar-refractivity contribution in [3.8, 4) is 17.2 Å². The van der Waals surface area contributed by atoms with Gasteiger partial charge in [-0.1, -0.05) is 19.9 Å². The molecular weight excluding hydrogens is 436 g/mol. The Balaban J connectivity index is 1.89. The standard InChI is InChI=1S/C26H30N2O6/c1-6-27(7-2)12-13-28-23(16-8-11-19(32-4)21(14-16)33-5)22-24(29)18-10-9-17(31-3)15-20(18)34-25(22)26(28)30/h8-11,14-15,23H,6-7,12-13H2,1-5H3. The zero-order valence-electron chi connectivity index (χ0n) is 20.2. The molecule has 2 aromatic carbocycles. The molecule has 180 valence electrons. The summed E-state index contributed by atoms with van der Waals surface area (Å²) < 4.78 is 22.2. The Morgan fingerprint density at radius 2 is 1.68 bits per heavy atom. The summed E-state index contributed by atoms with van der Waals surface area (Å²) in [5.41, 5.74) is 1.20. The van der Waals surface area contributed by atoms with Crippen molar-refractivity contribution in [1.29, 1.82) is 0 Å². The lowest BCUT2D eigenvalue weighted by atomic mass is 9.98.